The van der Waals surface area contributed by atoms with Crippen LogP contribution in [0.15, 0.2) is 47.6 Å². The molecule has 7 nitrogen and oxygen atoms in total. The number of rotatable bonds is 8. The van der Waals surface area contributed by atoms with Gasteiger partial charge in [-0.25, -0.2) is 9.98 Å². The number of likely N-dealkylation sites (N-methyl/N-ethyl adjacent to an activating group) is 1. The smallest absolute Gasteiger partial charge is 0.213 e. The lowest BCUT2D eigenvalue weighted by Crippen LogP contribution is -2.23. The third kappa shape index (κ3) is 7.44. The maximum absolute atomic E-state index is 5.96. The van der Waals surface area contributed by atoms with Gasteiger partial charge in [-0.15, -0.1) is 24.0 Å². The number of nitrogens with one attached hydrogen (secondary N) is 1. The summed E-state index contributed by atoms with van der Waals surface area (Å²) in [5.74, 6) is 1.61. The summed E-state index contributed by atoms with van der Waals surface area (Å²) in [7, 11) is 5.61. The van der Waals surface area contributed by atoms with E-state index >= 15 is 0 Å². The largest absolute Gasteiger partial charge is 0.495 e. The Hall–Kier alpha value is -2.07. The molecule has 0 aliphatic heterocycles. The van der Waals surface area contributed by atoms with Crippen molar-refractivity contribution in [2.24, 2.45) is 10.7 Å². The van der Waals surface area contributed by atoms with Crippen LogP contribution >= 0.6 is 24.0 Å². The number of para-hydroxylation sites is 2. The van der Waals surface area contributed by atoms with Gasteiger partial charge < -0.3 is 25.4 Å². The summed E-state index contributed by atoms with van der Waals surface area (Å²) in [5, 5.41) is 3.04. The Morgan fingerprint density at radius 3 is 2.77 bits per heavy atom. The zero-order valence-corrected chi connectivity index (χ0v) is 17.6. The number of halogens is 1. The molecule has 0 unspecified atom stereocenters. The van der Waals surface area contributed by atoms with Crippen LogP contribution in [0.1, 0.15) is 5.56 Å². The second kappa shape index (κ2) is 11.5. The number of hydrogen-bond acceptors (Lipinski definition) is 5. The molecule has 0 atom stereocenters. The lowest BCUT2D eigenvalue weighted by atomic mass is 10.2. The monoisotopic (exact) mass is 471 g/mol. The number of hydrogen-bond donors (Lipinski definition) is 2. The fourth-order valence-corrected chi connectivity index (χ4v) is 2.06. The van der Waals surface area contributed by atoms with E-state index < -0.39 is 0 Å². The topological polar surface area (TPSA) is 85.0 Å². The molecule has 26 heavy (non-hydrogen) atoms. The van der Waals surface area contributed by atoms with Crippen LogP contribution in [0.2, 0.25) is 0 Å². The summed E-state index contributed by atoms with van der Waals surface area (Å²) in [5.41, 5.74) is 7.70. The van der Waals surface area contributed by atoms with Crippen molar-refractivity contribution in [3.63, 3.8) is 0 Å². The molecule has 2 aromatic rings. The highest BCUT2D eigenvalue weighted by atomic mass is 127. The van der Waals surface area contributed by atoms with E-state index in [0.29, 0.717) is 30.7 Å². The molecule has 0 spiro atoms. The normalized spacial score (nSPS) is 11.0. The van der Waals surface area contributed by atoms with Gasteiger partial charge in [0.15, 0.2) is 5.96 Å². The molecule has 1 heterocycles. The van der Waals surface area contributed by atoms with Crippen LogP contribution in [0, 0.1) is 0 Å². The number of guanidine groups is 1. The maximum atomic E-state index is 5.96. The first-order valence-electron chi connectivity index (χ1n) is 8.01. The van der Waals surface area contributed by atoms with Crippen LogP contribution < -0.4 is 20.5 Å². The Morgan fingerprint density at radius 1 is 1.27 bits per heavy atom. The summed E-state index contributed by atoms with van der Waals surface area (Å²) in [6.45, 7) is 1.85. The van der Waals surface area contributed by atoms with E-state index in [0.717, 1.165) is 17.8 Å². The van der Waals surface area contributed by atoms with Gasteiger partial charge in [0.1, 0.15) is 12.4 Å². The highest BCUT2D eigenvalue weighted by Crippen LogP contribution is 2.22. The third-order valence-electron chi connectivity index (χ3n) is 3.39. The van der Waals surface area contributed by atoms with E-state index in [1.807, 2.05) is 50.5 Å². The van der Waals surface area contributed by atoms with Crippen molar-refractivity contribution in [3.05, 3.63) is 48.2 Å². The summed E-state index contributed by atoms with van der Waals surface area (Å²) < 4.78 is 10.9. The van der Waals surface area contributed by atoms with Crippen molar-refractivity contribution in [2.45, 2.75) is 6.54 Å². The zero-order valence-electron chi connectivity index (χ0n) is 15.3. The van der Waals surface area contributed by atoms with Crippen molar-refractivity contribution >= 4 is 35.6 Å². The fourth-order valence-electron chi connectivity index (χ4n) is 2.06. The molecule has 1 aromatic heterocycles. The van der Waals surface area contributed by atoms with Gasteiger partial charge in [0.05, 0.1) is 19.3 Å². The first-order valence-corrected chi connectivity index (χ1v) is 8.01. The number of pyridine rings is 1. The molecule has 3 N–H and O–H groups in total. The Bertz CT molecular complexity index is 709. The Kier molecular flexibility index (Phi) is 9.74. The molecule has 2 rings (SSSR count). The van der Waals surface area contributed by atoms with Crippen molar-refractivity contribution in [3.8, 4) is 11.6 Å². The van der Waals surface area contributed by atoms with Gasteiger partial charge in [0.2, 0.25) is 5.88 Å². The second-order valence-electron chi connectivity index (χ2n) is 5.68. The van der Waals surface area contributed by atoms with E-state index in [2.05, 4.69) is 20.2 Å². The highest BCUT2D eigenvalue weighted by molar-refractivity contribution is 14.0. The van der Waals surface area contributed by atoms with Crippen molar-refractivity contribution in [2.75, 3.05) is 39.7 Å². The minimum atomic E-state index is 0. The molecule has 0 amide bonds. The van der Waals surface area contributed by atoms with Crippen LogP contribution in [0.3, 0.4) is 0 Å². The number of anilines is 1. The minimum absolute atomic E-state index is 0. The number of nitrogens with zero attached hydrogens (tertiary/aromatic N) is 3. The lowest BCUT2D eigenvalue weighted by Gasteiger charge is -2.11. The zero-order chi connectivity index (χ0) is 18.1. The summed E-state index contributed by atoms with van der Waals surface area (Å²) in [4.78, 5) is 10.6. The van der Waals surface area contributed by atoms with E-state index in [1.54, 1.807) is 13.3 Å². The molecule has 142 valence electrons. The molecule has 0 aliphatic rings. The van der Waals surface area contributed by atoms with Gasteiger partial charge >= 0.3 is 0 Å². The SMILES string of the molecule is COc1ccccc1NC(N)=NCc1ccnc(OCCN(C)C)c1.I. The van der Waals surface area contributed by atoms with Crippen LogP contribution in [0.5, 0.6) is 11.6 Å². The number of benzene rings is 1. The number of nitrogens with two attached hydrogens (primary N) is 1. The molecule has 0 radical (unpaired) electrons. The van der Waals surface area contributed by atoms with Crippen molar-refractivity contribution < 1.29 is 9.47 Å². The van der Waals surface area contributed by atoms with Gasteiger partial charge in [-0.3, -0.25) is 0 Å². The van der Waals surface area contributed by atoms with Gasteiger partial charge in [-0.2, -0.15) is 0 Å². The number of aromatic nitrogens is 1. The molecule has 8 heteroatoms. The van der Waals surface area contributed by atoms with Gasteiger partial charge in [0.25, 0.3) is 0 Å². The standard InChI is InChI=1S/C18H25N5O2.HI/c1-23(2)10-11-25-17-12-14(8-9-20-17)13-21-18(19)22-15-6-4-5-7-16(15)24-3;/h4-9,12H,10-11,13H2,1-3H3,(H3,19,21,22);1H. The molecule has 0 bridgehead atoms. The van der Waals surface area contributed by atoms with E-state index in [-0.39, 0.29) is 24.0 Å². The van der Waals surface area contributed by atoms with Crippen LogP contribution in [0.25, 0.3) is 0 Å². The summed E-state index contributed by atoms with van der Waals surface area (Å²) in [6, 6.07) is 11.3. The predicted octanol–water partition coefficient (Wildman–Crippen LogP) is 2.58. The quantitative estimate of drug-likeness (QED) is 0.350. The van der Waals surface area contributed by atoms with E-state index in [1.165, 1.54) is 0 Å². The Labute approximate surface area is 171 Å². The summed E-state index contributed by atoms with van der Waals surface area (Å²) in [6.07, 6.45) is 1.71. The first-order chi connectivity index (χ1) is 12.1. The van der Waals surface area contributed by atoms with E-state index in [4.69, 9.17) is 15.2 Å². The predicted molar refractivity (Wildman–Crippen MR) is 116 cm³/mol. The molecule has 0 saturated carbocycles. The van der Waals surface area contributed by atoms with Crippen LogP contribution in [-0.2, 0) is 6.54 Å². The highest BCUT2D eigenvalue weighted by Gasteiger charge is 2.03. The van der Waals surface area contributed by atoms with Gasteiger partial charge in [-0.05, 0) is 37.9 Å². The molecular weight excluding hydrogens is 445 g/mol. The molecular formula is C18H26IN5O2. The minimum Gasteiger partial charge on any atom is -0.495 e. The number of methoxy groups -OCH3 is 1. The average Bonchev–Trinajstić information content (AvgIpc) is 2.60. The van der Waals surface area contributed by atoms with Gasteiger partial charge in [-0.1, -0.05) is 12.1 Å². The number of ether oxygens (including phenoxy) is 2. The van der Waals surface area contributed by atoms with Crippen molar-refractivity contribution in [1.82, 2.24) is 9.88 Å². The Balaban J connectivity index is 0.00000338. The first kappa shape index (κ1) is 22.0. The van der Waals surface area contributed by atoms with Crippen LogP contribution in [0.4, 0.5) is 5.69 Å². The second-order valence-corrected chi connectivity index (χ2v) is 5.68. The average molecular weight is 471 g/mol. The van der Waals surface area contributed by atoms with Gasteiger partial charge in [0, 0.05) is 18.8 Å². The molecule has 0 saturated heterocycles. The van der Waals surface area contributed by atoms with Crippen LogP contribution in [-0.4, -0.2) is 50.2 Å². The molecule has 0 fully saturated rings. The summed E-state index contributed by atoms with van der Waals surface area (Å²) >= 11 is 0. The molecule has 0 aliphatic carbocycles. The Morgan fingerprint density at radius 2 is 2.04 bits per heavy atom. The van der Waals surface area contributed by atoms with Crippen molar-refractivity contribution in [1.29, 1.82) is 0 Å². The lowest BCUT2D eigenvalue weighted by molar-refractivity contribution is 0.253. The number of aliphatic imine (C=N–C) groups is 1. The third-order valence-corrected chi connectivity index (χ3v) is 3.39. The molecule has 1 aromatic carbocycles. The van der Waals surface area contributed by atoms with E-state index in [9.17, 15) is 0 Å². The fraction of sp³-hybridized carbons (Fsp3) is 0.333. The maximum Gasteiger partial charge on any atom is 0.213 e.